The molecule has 0 aliphatic rings. The number of carbonyl (C=O) groups is 3. The molecule has 0 atom stereocenters. The Labute approximate surface area is 165 Å². The van der Waals surface area contributed by atoms with Gasteiger partial charge in [-0.05, 0) is 19.1 Å². The molecule has 1 aromatic heterocycles. The number of ketones is 1. The number of hydrogen-bond donors (Lipinski definition) is 1. The van der Waals surface area contributed by atoms with E-state index in [-0.39, 0.29) is 17.2 Å². The first-order valence-corrected chi connectivity index (χ1v) is 8.05. The topological polar surface area (TPSA) is 103 Å². The van der Waals surface area contributed by atoms with Crippen molar-refractivity contribution in [3.63, 3.8) is 0 Å². The van der Waals surface area contributed by atoms with Crippen LogP contribution >= 0.6 is 0 Å². The van der Waals surface area contributed by atoms with Gasteiger partial charge in [0.05, 0.1) is 12.2 Å². The monoisotopic (exact) mass is 429 g/mol. The lowest BCUT2D eigenvalue weighted by Gasteiger charge is -2.15. The van der Waals surface area contributed by atoms with Crippen molar-refractivity contribution in [3.8, 4) is 0 Å². The van der Waals surface area contributed by atoms with Gasteiger partial charge in [-0.25, -0.2) is 32.6 Å². The van der Waals surface area contributed by atoms with E-state index in [4.69, 9.17) is 5.84 Å². The van der Waals surface area contributed by atoms with E-state index in [2.05, 4.69) is 9.72 Å². The summed E-state index contributed by atoms with van der Waals surface area (Å²) in [6, 6.07) is 2.65. The number of rotatable bonds is 6. The number of Topliss-reactive ketones (excluding diaryl/α,β-unsaturated/α-hetero) is 1. The first-order valence-electron chi connectivity index (χ1n) is 8.05. The van der Waals surface area contributed by atoms with E-state index in [1.165, 1.54) is 25.3 Å². The van der Waals surface area contributed by atoms with E-state index >= 15 is 0 Å². The zero-order chi connectivity index (χ0) is 22.6. The number of nitrogens with zero attached hydrogens (tertiary/aromatic N) is 2. The van der Waals surface area contributed by atoms with Gasteiger partial charge in [-0.1, -0.05) is 0 Å². The highest BCUT2D eigenvalue weighted by atomic mass is 19.2. The lowest BCUT2D eigenvalue weighted by atomic mass is 10.0. The minimum atomic E-state index is -2.49. The molecule has 0 unspecified atom stereocenters. The zero-order valence-corrected chi connectivity index (χ0v) is 15.1. The van der Waals surface area contributed by atoms with Crippen LogP contribution in [0.1, 0.15) is 27.6 Å². The molecule has 0 aliphatic heterocycles. The van der Waals surface area contributed by atoms with Crippen LogP contribution < -0.4 is 5.84 Å². The number of halogens is 5. The fraction of sp³-hybridized carbons (Fsp3) is 0.111. The third-order valence-corrected chi connectivity index (χ3v) is 3.59. The Kier molecular flexibility index (Phi) is 6.95. The van der Waals surface area contributed by atoms with Gasteiger partial charge < -0.3 is 4.74 Å². The maximum absolute atomic E-state index is 14.0. The number of esters is 1. The molecule has 2 N–H and O–H groups in total. The minimum Gasteiger partial charge on any atom is -0.462 e. The summed E-state index contributed by atoms with van der Waals surface area (Å²) in [5.41, 5.74) is -3.25. The van der Waals surface area contributed by atoms with E-state index in [0.717, 1.165) is 6.20 Å². The van der Waals surface area contributed by atoms with Crippen molar-refractivity contribution in [1.29, 1.82) is 0 Å². The highest BCUT2D eigenvalue weighted by Crippen LogP contribution is 2.25. The molecule has 0 bridgehead atoms. The van der Waals surface area contributed by atoms with E-state index in [9.17, 15) is 36.3 Å². The Morgan fingerprint density at radius 1 is 1.07 bits per heavy atom. The first-order chi connectivity index (χ1) is 14.1. The second kappa shape index (κ2) is 9.22. The van der Waals surface area contributed by atoms with Crippen LogP contribution in [-0.2, 0) is 9.53 Å². The number of benzene rings is 1. The Balaban J connectivity index is 2.58. The first kappa shape index (κ1) is 22.6. The predicted octanol–water partition coefficient (Wildman–Crippen LogP) is 2.42. The molecule has 1 heterocycles. The largest absolute Gasteiger partial charge is 0.462 e. The Hall–Kier alpha value is -3.67. The van der Waals surface area contributed by atoms with Crippen LogP contribution in [0.2, 0.25) is 0 Å². The van der Waals surface area contributed by atoms with Crippen LogP contribution in [0.3, 0.4) is 0 Å². The molecule has 1 amide bonds. The highest BCUT2D eigenvalue weighted by molar-refractivity contribution is 6.24. The third kappa shape index (κ3) is 4.33. The van der Waals surface area contributed by atoms with Crippen molar-refractivity contribution in [2.24, 2.45) is 5.84 Å². The molecule has 1 aromatic carbocycles. The van der Waals surface area contributed by atoms with Crippen molar-refractivity contribution in [1.82, 2.24) is 9.99 Å². The summed E-state index contributed by atoms with van der Waals surface area (Å²) in [5, 5.41) is 0.202. The highest BCUT2D eigenvalue weighted by Gasteiger charge is 2.34. The van der Waals surface area contributed by atoms with Gasteiger partial charge in [0.1, 0.15) is 11.1 Å². The lowest BCUT2D eigenvalue weighted by molar-refractivity contribution is -0.138. The average Bonchev–Trinajstić information content (AvgIpc) is 2.74. The summed E-state index contributed by atoms with van der Waals surface area (Å²) in [4.78, 5) is 40.5. The molecule has 12 heteroatoms. The fourth-order valence-electron chi connectivity index (χ4n) is 2.19. The smallest absolute Gasteiger partial charge is 0.343 e. The molecule has 0 saturated heterocycles. The minimum absolute atomic E-state index is 0.0943. The van der Waals surface area contributed by atoms with E-state index in [0.29, 0.717) is 6.20 Å². The number of carbonyl (C=O) groups excluding carboxylic acids is 3. The Bertz CT molecular complexity index is 1010. The van der Waals surface area contributed by atoms with Gasteiger partial charge in [-0.2, -0.15) is 0 Å². The summed E-state index contributed by atoms with van der Waals surface area (Å²) in [5.74, 6) is -11.2. The van der Waals surface area contributed by atoms with Crippen LogP contribution in [0, 0.1) is 29.1 Å². The SMILES string of the molecule is CCOC(=O)/C(=C\N(N)C(=O)c1cccnc1)C(=O)c1c(F)c(F)c(F)c(F)c1F. The van der Waals surface area contributed by atoms with Crippen LogP contribution in [0.5, 0.6) is 0 Å². The molecule has 0 fully saturated rings. The second-order valence-electron chi connectivity index (χ2n) is 5.49. The van der Waals surface area contributed by atoms with Crippen molar-refractivity contribution in [2.45, 2.75) is 6.92 Å². The molecule has 7 nitrogen and oxygen atoms in total. The van der Waals surface area contributed by atoms with Crippen molar-refractivity contribution in [3.05, 3.63) is 76.5 Å². The maximum Gasteiger partial charge on any atom is 0.343 e. The van der Waals surface area contributed by atoms with Gasteiger partial charge in [0.15, 0.2) is 23.3 Å². The van der Waals surface area contributed by atoms with Crippen LogP contribution in [0.25, 0.3) is 0 Å². The molecule has 0 spiro atoms. The van der Waals surface area contributed by atoms with E-state index in [1.54, 1.807) is 0 Å². The van der Waals surface area contributed by atoms with E-state index in [1.807, 2.05) is 0 Å². The number of nitrogens with two attached hydrogens (primary N) is 1. The summed E-state index contributed by atoms with van der Waals surface area (Å²) in [7, 11) is 0. The molecule has 0 saturated carbocycles. The fourth-order valence-corrected chi connectivity index (χ4v) is 2.19. The number of ether oxygens (including phenoxy) is 1. The Morgan fingerprint density at radius 3 is 2.13 bits per heavy atom. The molecule has 2 aromatic rings. The van der Waals surface area contributed by atoms with Gasteiger partial charge in [0.2, 0.25) is 11.6 Å². The van der Waals surface area contributed by atoms with Crippen molar-refractivity contribution < 1.29 is 41.1 Å². The lowest BCUT2D eigenvalue weighted by Crippen LogP contribution is -2.34. The van der Waals surface area contributed by atoms with E-state index < -0.39 is 57.9 Å². The molecular weight excluding hydrogens is 417 g/mol. The number of hydrogen-bond acceptors (Lipinski definition) is 6. The normalized spacial score (nSPS) is 11.2. The Morgan fingerprint density at radius 2 is 1.63 bits per heavy atom. The maximum atomic E-state index is 14.0. The summed E-state index contributed by atoms with van der Waals surface area (Å²) < 4.78 is 72.6. The van der Waals surface area contributed by atoms with Gasteiger partial charge in [-0.15, -0.1) is 0 Å². The molecular formula is C18H12F5N3O4. The average molecular weight is 429 g/mol. The third-order valence-electron chi connectivity index (χ3n) is 3.59. The number of hydrazine groups is 1. The van der Waals surface area contributed by atoms with Crippen molar-refractivity contribution in [2.75, 3.05) is 6.61 Å². The molecule has 0 radical (unpaired) electrons. The number of pyridine rings is 1. The van der Waals surface area contributed by atoms with Crippen molar-refractivity contribution >= 4 is 17.7 Å². The molecule has 0 aliphatic carbocycles. The van der Waals surface area contributed by atoms with Crippen LogP contribution in [-0.4, -0.2) is 34.3 Å². The second-order valence-corrected chi connectivity index (χ2v) is 5.49. The summed E-state index contributed by atoms with van der Waals surface area (Å²) >= 11 is 0. The standard InChI is InChI=1S/C18H12F5N3O4/c1-2-30-18(29)9(7-26(24)17(28)8-4-3-5-25-6-8)16(27)10-11(19)13(21)15(23)14(22)12(10)20/h3-7H,2,24H2,1H3/b9-7-. The van der Waals surface area contributed by atoms with Crippen LogP contribution in [0.4, 0.5) is 22.0 Å². The molecule has 2 rings (SSSR count). The van der Waals surface area contributed by atoms with Gasteiger partial charge >= 0.3 is 5.97 Å². The molecule has 158 valence electrons. The zero-order valence-electron chi connectivity index (χ0n) is 15.1. The number of amides is 1. The van der Waals surface area contributed by atoms with Crippen LogP contribution in [0.15, 0.2) is 36.3 Å². The van der Waals surface area contributed by atoms with Gasteiger partial charge in [0, 0.05) is 18.6 Å². The van der Waals surface area contributed by atoms with Gasteiger partial charge in [0.25, 0.3) is 5.91 Å². The summed E-state index contributed by atoms with van der Waals surface area (Å²) in [6.45, 7) is 1.00. The summed E-state index contributed by atoms with van der Waals surface area (Å²) in [6.07, 6.45) is 2.78. The van der Waals surface area contributed by atoms with Gasteiger partial charge in [-0.3, -0.25) is 19.6 Å². The quantitative estimate of drug-likeness (QED) is 0.0647. The number of aromatic nitrogens is 1. The predicted molar refractivity (Wildman–Crippen MR) is 89.9 cm³/mol. The molecule has 30 heavy (non-hydrogen) atoms.